The van der Waals surface area contributed by atoms with Crippen molar-refractivity contribution in [1.29, 1.82) is 0 Å². The van der Waals surface area contributed by atoms with E-state index in [0.717, 1.165) is 0 Å². The van der Waals surface area contributed by atoms with Gasteiger partial charge in [0.05, 0.1) is 25.9 Å². The number of ether oxygens (including phenoxy) is 2. The van der Waals surface area contributed by atoms with Crippen LogP contribution in [0.2, 0.25) is 0 Å². The maximum Gasteiger partial charge on any atom is 0.582 e. The average Bonchev–Trinajstić information content (AvgIpc) is 3.83. The maximum absolute atomic E-state index is 15.2. The minimum atomic E-state index is -2.43. The second-order valence-corrected chi connectivity index (χ2v) is 13.7. The van der Waals surface area contributed by atoms with Crippen molar-refractivity contribution >= 4 is 72.9 Å². The van der Waals surface area contributed by atoms with Gasteiger partial charge in [-0.3, -0.25) is 9.13 Å². The lowest BCUT2D eigenvalue weighted by Crippen LogP contribution is -2.31. The van der Waals surface area contributed by atoms with Crippen LogP contribution in [0.1, 0.15) is 12.5 Å². The molecule has 6 heterocycles. The van der Waals surface area contributed by atoms with Crippen LogP contribution in [0.25, 0.3) is 22.3 Å². The predicted molar refractivity (Wildman–Crippen MR) is 171 cm³/mol. The van der Waals surface area contributed by atoms with Crippen molar-refractivity contribution in [3.05, 3.63) is 37.5 Å². The number of rotatable bonds is 14. The monoisotopic (exact) mass is 748 g/mol. The number of aliphatic hydroxyl groups excluding tert-OH is 2. The lowest BCUT2D eigenvalue weighted by molar-refractivity contribution is -0.0427. The van der Waals surface area contributed by atoms with Crippen molar-refractivity contribution in [2.24, 2.45) is 0 Å². The van der Waals surface area contributed by atoms with Gasteiger partial charge in [-0.2, -0.15) is 0 Å². The van der Waals surface area contributed by atoms with Gasteiger partial charge in [0.1, 0.15) is 49.4 Å². The molecular weight excluding hydrogens is 720 g/mol. The first-order valence-electron chi connectivity index (χ1n) is 14.2. The minimum absolute atomic E-state index is 0.264. The minimum Gasteiger partial charge on any atom is -0.394 e. The van der Waals surface area contributed by atoms with Crippen LogP contribution < -0.4 is 10.6 Å². The third-order valence-electron chi connectivity index (χ3n) is 7.52. The molecule has 10 atom stereocenters. The molecule has 4 aromatic rings. The first-order valence-corrected chi connectivity index (χ1v) is 18.8. The van der Waals surface area contributed by atoms with E-state index in [1.54, 1.807) is 12.2 Å². The molecule has 24 heteroatoms. The maximum atomic E-state index is 15.2. The van der Waals surface area contributed by atoms with E-state index in [-0.39, 0.29) is 11.3 Å². The number of hydrogen-bond acceptors (Lipinski definition) is 16. The van der Waals surface area contributed by atoms with Crippen molar-refractivity contribution in [1.82, 2.24) is 39.0 Å². The molecular formula is C24H28F2N10O8P2S2+2. The lowest BCUT2D eigenvalue weighted by atomic mass is 10.1. The number of anilines is 2. The Morgan fingerprint density at radius 2 is 1.19 bits per heavy atom. The van der Waals surface area contributed by atoms with Crippen LogP contribution in [0.5, 0.6) is 0 Å². The Kier molecular flexibility index (Phi) is 11.1. The summed E-state index contributed by atoms with van der Waals surface area (Å²) in [6.07, 6.45) is -1.96. The van der Waals surface area contributed by atoms with Crippen LogP contribution >= 0.6 is 39.0 Å². The van der Waals surface area contributed by atoms with E-state index >= 15 is 8.78 Å². The smallest absolute Gasteiger partial charge is 0.394 e. The Bertz CT molecular complexity index is 1700. The van der Waals surface area contributed by atoms with Crippen LogP contribution in [-0.2, 0) is 27.7 Å². The molecule has 2 aliphatic rings. The molecule has 0 radical (unpaired) electrons. The van der Waals surface area contributed by atoms with Gasteiger partial charge in [0, 0.05) is 13.1 Å². The number of nitrogens with one attached hydrogen (secondary N) is 2. The molecule has 0 aromatic carbocycles. The number of halogens is 2. The molecule has 4 N–H and O–H groups in total. The molecule has 2 aliphatic heterocycles. The second-order valence-electron chi connectivity index (χ2n) is 10.3. The van der Waals surface area contributed by atoms with Gasteiger partial charge in [-0.15, -0.1) is 9.05 Å². The molecule has 2 fully saturated rings. The number of imidazole rings is 2. The number of aromatic nitrogens is 8. The predicted octanol–water partition coefficient (Wildman–Crippen LogP) is 2.45. The summed E-state index contributed by atoms with van der Waals surface area (Å²) >= 11 is 7.35. The third kappa shape index (κ3) is 7.00. The van der Waals surface area contributed by atoms with E-state index in [2.05, 4.69) is 65.0 Å². The van der Waals surface area contributed by atoms with E-state index in [1.165, 1.54) is 34.4 Å². The van der Waals surface area contributed by atoms with Gasteiger partial charge in [0.2, 0.25) is 0 Å². The van der Waals surface area contributed by atoms with Gasteiger partial charge < -0.3 is 30.3 Å². The van der Waals surface area contributed by atoms with Crippen molar-refractivity contribution < 1.29 is 46.6 Å². The highest BCUT2D eigenvalue weighted by Gasteiger charge is 2.52. The van der Waals surface area contributed by atoms with E-state index in [0.29, 0.717) is 35.8 Å². The zero-order valence-electron chi connectivity index (χ0n) is 24.4. The Balaban J connectivity index is 1.07. The van der Waals surface area contributed by atoms with Crippen molar-refractivity contribution in [3.8, 4) is 0 Å². The molecule has 0 spiro atoms. The fourth-order valence-corrected chi connectivity index (χ4v) is 6.98. The van der Waals surface area contributed by atoms with Gasteiger partial charge in [-0.05, 0) is 9.13 Å². The van der Waals surface area contributed by atoms with E-state index in [1.807, 2.05) is 0 Å². The standard InChI is InChI=1S/C24H26F2N10O8P2S2/c25-13-17(43-45(39)47)11(5-37)41-23(13)35-9-33-15-19(29-7-31-21(15)35)27-3-1-2-4-28-20-16-22(32-8-30-20)36(10-34-16)24-14(26)18(44-46(40)48)12(6-38)42-24/h1-2,7-14,17-18,23-24,37-38H,3-6H2,(H2-2,27,28,29,30,31,32,39,40,47,48)/p+2/b2-1+/t11?,12?,13-,14-,17-,18-,23-,24-/m1/s1. The molecule has 256 valence electrons. The summed E-state index contributed by atoms with van der Waals surface area (Å²) in [6.45, 7) is -0.472. The summed E-state index contributed by atoms with van der Waals surface area (Å²) < 4.78 is 77.4. The van der Waals surface area contributed by atoms with Gasteiger partial charge in [-0.1, -0.05) is 12.2 Å². The zero-order chi connectivity index (χ0) is 33.9. The molecule has 18 nitrogen and oxygen atoms in total. The number of alkyl halides is 2. The Labute approximate surface area is 281 Å². The van der Waals surface area contributed by atoms with Crippen LogP contribution in [0.3, 0.4) is 0 Å². The highest BCUT2D eigenvalue weighted by Crippen LogP contribution is 2.42. The van der Waals surface area contributed by atoms with Crippen molar-refractivity contribution in [3.63, 3.8) is 0 Å². The number of hydrogen-bond donors (Lipinski definition) is 6. The molecule has 0 saturated carbocycles. The summed E-state index contributed by atoms with van der Waals surface area (Å²) in [5, 5.41) is 25.4. The number of nitrogens with zero attached hydrogens (tertiary/aromatic N) is 8. The van der Waals surface area contributed by atoms with E-state index < -0.39 is 76.9 Å². The van der Waals surface area contributed by atoms with Crippen LogP contribution in [0, 0.1) is 0 Å². The average molecular weight is 749 g/mol. The molecule has 6 rings (SSSR count). The normalized spacial score (nSPS) is 28.1. The Morgan fingerprint density at radius 1 is 0.771 bits per heavy atom. The fraction of sp³-hybridized carbons (Fsp3) is 0.500. The number of aliphatic hydroxyl groups is 2. The molecule has 4 aromatic heterocycles. The fourth-order valence-electron chi connectivity index (χ4n) is 5.40. The Morgan fingerprint density at radius 3 is 1.56 bits per heavy atom. The highest BCUT2D eigenvalue weighted by atomic mass is 32.7. The summed E-state index contributed by atoms with van der Waals surface area (Å²) in [7, 11) is -4.87. The number of fused-ring (bicyclic) bond motifs is 2. The topological polar surface area (TPSA) is 223 Å². The summed E-state index contributed by atoms with van der Waals surface area (Å²) in [5.41, 5.74) is 1.21. The van der Waals surface area contributed by atoms with E-state index in [4.69, 9.17) is 18.5 Å². The van der Waals surface area contributed by atoms with E-state index in [9.17, 15) is 19.3 Å². The Hall–Kier alpha value is -3.04. The lowest BCUT2D eigenvalue weighted by Gasteiger charge is -2.15. The SMILES string of the molecule is O=[P+](S)O[C@@H]1C(CO)O[C@@H](n2cnc3c(NC/C=C/CNc4ncnc5c4ncn5[C@@H]4OC(CO)[C@@H](O[P+](=O)S)[C@H]4F)ncnc32)[C@@H]1F. The molecule has 0 amide bonds. The van der Waals surface area contributed by atoms with Gasteiger partial charge >= 0.3 is 14.5 Å². The first-order chi connectivity index (χ1) is 23.2. The highest BCUT2D eigenvalue weighted by molar-refractivity contribution is 8.39. The third-order valence-corrected chi connectivity index (χ3v) is 8.94. The molecule has 48 heavy (non-hydrogen) atoms. The zero-order valence-corrected chi connectivity index (χ0v) is 28.0. The van der Waals surface area contributed by atoms with Crippen LogP contribution in [-0.4, -0.2) is 112 Å². The number of thiol groups is 2. The largest absolute Gasteiger partial charge is 0.582 e. The van der Waals surface area contributed by atoms with Crippen molar-refractivity contribution in [2.45, 2.75) is 49.2 Å². The van der Waals surface area contributed by atoms with Gasteiger partial charge in [-0.25, -0.2) is 38.7 Å². The van der Waals surface area contributed by atoms with Gasteiger partial charge in [0.15, 0.2) is 71.0 Å². The van der Waals surface area contributed by atoms with Gasteiger partial charge in [0.25, 0.3) is 0 Å². The van der Waals surface area contributed by atoms with Crippen molar-refractivity contribution in [2.75, 3.05) is 36.9 Å². The first kappa shape index (κ1) is 34.8. The molecule has 4 unspecified atom stereocenters. The second kappa shape index (κ2) is 15.2. The summed E-state index contributed by atoms with van der Waals surface area (Å²) in [6, 6.07) is 0. The molecule has 2 saturated heterocycles. The summed E-state index contributed by atoms with van der Waals surface area (Å²) in [4.78, 5) is 25.5. The van der Waals surface area contributed by atoms with Crippen LogP contribution in [0.4, 0.5) is 20.4 Å². The summed E-state index contributed by atoms with van der Waals surface area (Å²) in [5.74, 6) is 0.741. The quantitative estimate of drug-likeness (QED) is 0.0619. The molecule has 0 aliphatic carbocycles. The van der Waals surface area contributed by atoms with Crippen LogP contribution in [0.15, 0.2) is 37.5 Å². The molecule has 0 bridgehead atoms.